The topological polar surface area (TPSA) is 0 Å². The van der Waals surface area contributed by atoms with Gasteiger partial charge in [-0.25, -0.2) is 0 Å². The summed E-state index contributed by atoms with van der Waals surface area (Å²) in [4.78, 5) is 0. The predicted octanol–water partition coefficient (Wildman–Crippen LogP) is 7.02. The molecule has 0 bridgehead atoms. The van der Waals surface area contributed by atoms with Crippen molar-refractivity contribution >= 4 is 0 Å². The van der Waals surface area contributed by atoms with Crippen molar-refractivity contribution in [2.24, 2.45) is 46.3 Å². The van der Waals surface area contributed by atoms with E-state index in [4.69, 9.17) is 0 Å². The molecule has 3 fully saturated rings. The standard InChI is InChI=1S/C24H38/c1-7-23(5)17(4)22-19-9-8-16(3)18(19)10-11-20(22)24(6)13-12-15(2)14-21(23)24/h14,16-20,22H,2,7-13H2,1,3-6H3. The van der Waals surface area contributed by atoms with E-state index in [-0.39, 0.29) is 0 Å². The quantitative estimate of drug-likeness (QED) is 0.485. The van der Waals surface area contributed by atoms with Crippen LogP contribution < -0.4 is 0 Å². The average Bonchev–Trinajstić information content (AvgIpc) is 2.95. The van der Waals surface area contributed by atoms with Crippen molar-refractivity contribution < 1.29 is 0 Å². The number of rotatable bonds is 1. The van der Waals surface area contributed by atoms with Gasteiger partial charge in [-0.2, -0.15) is 0 Å². The van der Waals surface area contributed by atoms with Gasteiger partial charge < -0.3 is 0 Å². The molecule has 0 amide bonds. The van der Waals surface area contributed by atoms with E-state index in [1.54, 1.807) is 5.57 Å². The van der Waals surface area contributed by atoms with E-state index in [0.717, 1.165) is 35.5 Å². The molecule has 0 aromatic rings. The van der Waals surface area contributed by atoms with Crippen LogP contribution in [-0.4, -0.2) is 0 Å². The van der Waals surface area contributed by atoms with Crippen molar-refractivity contribution in [3.05, 3.63) is 23.8 Å². The number of fused-ring (bicyclic) bond motifs is 5. The fourth-order valence-corrected chi connectivity index (χ4v) is 7.99. The highest BCUT2D eigenvalue weighted by Crippen LogP contribution is 2.69. The van der Waals surface area contributed by atoms with Gasteiger partial charge in [0.15, 0.2) is 0 Å². The van der Waals surface area contributed by atoms with Crippen LogP contribution >= 0.6 is 0 Å². The van der Waals surface area contributed by atoms with Crippen molar-refractivity contribution in [3.8, 4) is 0 Å². The molecule has 8 atom stereocenters. The molecule has 4 rings (SSSR count). The summed E-state index contributed by atoms with van der Waals surface area (Å²) in [6, 6.07) is 0. The largest absolute Gasteiger partial charge is 0.0958 e. The van der Waals surface area contributed by atoms with Gasteiger partial charge in [0.2, 0.25) is 0 Å². The Morgan fingerprint density at radius 1 is 1.08 bits per heavy atom. The van der Waals surface area contributed by atoms with Crippen molar-refractivity contribution in [1.82, 2.24) is 0 Å². The summed E-state index contributed by atoms with van der Waals surface area (Å²) in [7, 11) is 0. The molecule has 0 heterocycles. The van der Waals surface area contributed by atoms with E-state index in [1.807, 2.05) is 0 Å². The summed E-state index contributed by atoms with van der Waals surface area (Å²) in [5.41, 5.74) is 4.00. The molecule has 134 valence electrons. The van der Waals surface area contributed by atoms with Crippen molar-refractivity contribution in [2.75, 3.05) is 0 Å². The highest BCUT2D eigenvalue weighted by Gasteiger charge is 2.61. The van der Waals surface area contributed by atoms with Gasteiger partial charge in [0.1, 0.15) is 0 Å². The van der Waals surface area contributed by atoms with Crippen LogP contribution in [0.15, 0.2) is 23.8 Å². The van der Waals surface area contributed by atoms with Gasteiger partial charge in [-0.1, -0.05) is 64.8 Å². The summed E-state index contributed by atoms with van der Waals surface area (Å²) in [5, 5.41) is 0. The van der Waals surface area contributed by atoms with Gasteiger partial charge in [-0.3, -0.25) is 0 Å². The Bertz CT molecular complexity index is 569. The minimum atomic E-state index is 0.382. The minimum absolute atomic E-state index is 0.382. The van der Waals surface area contributed by atoms with Crippen LogP contribution in [0.2, 0.25) is 0 Å². The maximum Gasteiger partial charge on any atom is -0.00734 e. The fourth-order valence-electron chi connectivity index (χ4n) is 7.99. The third-order valence-corrected chi connectivity index (χ3v) is 9.69. The second kappa shape index (κ2) is 5.49. The Labute approximate surface area is 150 Å². The van der Waals surface area contributed by atoms with Crippen LogP contribution in [0, 0.1) is 46.3 Å². The molecule has 4 aliphatic rings. The molecule has 0 heteroatoms. The van der Waals surface area contributed by atoms with Gasteiger partial charge in [0.25, 0.3) is 0 Å². The predicted molar refractivity (Wildman–Crippen MR) is 104 cm³/mol. The molecule has 0 spiro atoms. The Hall–Kier alpha value is -0.520. The zero-order valence-corrected chi connectivity index (χ0v) is 16.7. The van der Waals surface area contributed by atoms with E-state index in [9.17, 15) is 0 Å². The molecule has 0 aliphatic heterocycles. The Morgan fingerprint density at radius 2 is 1.79 bits per heavy atom. The normalized spacial score (nSPS) is 53.9. The van der Waals surface area contributed by atoms with Gasteiger partial charge in [-0.15, -0.1) is 0 Å². The zero-order valence-electron chi connectivity index (χ0n) is 16.7. The molecule has 0 nitrogen and oxygen atoms in total. The van der Waals surface area contributed by atoms with Crippen LogP contribution in [0.1, 0.15) is 79.6 Å². The third-order valence-electron chi connectivity index (χ3n) is 9.69. The van der Waals surface area contributed by atoms with Crippen LogP contribution in [0.25, 0.3) is 0 Å². The maximum absolute atomic E-state index is 4.35. The SMILES string of the molecule is C=C1C=C2C(C)(CC)C(C)C3C4CCC(C)C4CCC3C2(C)CC1. The van der Waals surface area contributed by atoms with E-state index in [0.29, 0.717) is 10.8 Å². The number of allylic oxidation sites excluding steroid dienone is 3. The highest BCUT2D eigenvalue weighted by molar-refractivity contribution is 5.38. The van der Waals surface area contributed by atoms with Gasteiger partial charge in [-0.05, 0) is 84.9 Å². The van der Waals surface area contributed by atoms with E-state index in [2.05, 4.69) is 47.3 Å². The lowest BCUT2D eigenvalue weighted by Crippen LogP contribution is -2.56. The average molecular weight is 327 g/mol. The molecule has 24 heavy (non-hydrogen) atoms. The lowest BCUT2D eigenvalue weighted by atomic mass is 9.40. The highest BCUT2D eigenvalue weighted by atomic mass is 14.7. The fraction of sp³-hybridized carbons (Fsp3) is 0.833. The zero-order chi connectivity index (χ0) is 17.3. The molecule has 8 unspecified atom stereocenters. The Kier molecular flexibility index (Phi) is 3.87. The molecule has 0 aromatic carbocycles. The van der Waals surface area contributed by atoms with Crippen molar-refractivity contribution in [1.29, 1.82) is 0 Å². The molecule has 3 saturated carbocycles. The molecule has 4 aliphatic carbocycles. The molecule has 0 saturated heterocycles. The first-order valence-electron chi connectivity index (χ1n) is 10.7. The van der Waals surface area contributed by atoms with Gasteiger partial charge in [0, 0.05) is 0 Å². The third kappa shape index (κ3) is 2.04. The van der Waals surface area contributed by atoms with E-state index in [1.165, 1.54) is 50.5 Å². The van der Waals surface area contributed by atoms with Crippen LogP contribution in [0.3, 0.4) is 0 Å². The lowest BCUT2D eigenvalue weighted by molar-refractivity contribution is -0.0845. The van der Waals surface area contributed by atoms with Gasteiger partial charge >= 0.3 is 0 Å². The second-order valence-corrected chi connectivity index (χ2v) is 10.3. The maximum atomic E-state index is 4.35. The molecule has 0 aromatic heterocycles. The van der Waals surface area contributed by atoms with Crippen molar-refractivity contribution in [3.63, 3.8) is 0 Å². The number of hydrogen-bond acceptors (Lipinski definition) is 0. The molecular weight excluding hydrogens is 288 g/mol. The Balaban J connectivity index is 1.82. The summed E-state index contributed by atoms with van der Waals surface area (Å²) in [6.45, 7) is 17.2. The van der Waals surface area contributed by atoms with Crippen molar-refractivity contribution in [2.45, 2.75) is 79.6 Å². The first-order valence-corrected chi connectivity index (χ1v) is 10.7. The Morgan fingerprint density at radius 3 is 2.50 bits per heavy atom. The van der Waals surface area contributed by atoms with Crippen LogP contribution in [0.4, 0.5) is 0 Å². The first kappa shape index (κ1) is 16.9. The number of hydrogen-bond donors (Lipinski definition) is 0. The summed E-state index contributed by atoms with van der Waals surface area (Å²) >= 11 is 0. The molecular formula is C24H38. The monoisotopic (exact) mass is 326 g/mol. The summed E-state index contributed by atoms with van der Waals surface area (Å²) < 4.78 is 0. The smallest absolute Gasteiger partial charge is 0.00734 e. The first-order chi connectivity index (χ1) is 11.3. The van der Waals surface area contributed by atoms with Crippen LogP contribution in [-0.2, 0) is 0 Å². The lowest BCUT2D eigenvalue weighted by Gasteiger charge is -2.64. The second-order valence-electron chi connectivity index (χ2n) is 10.3. The summed E-state index contributed by atoms with van der Waals surface area (Å²) in [5.74, 6) is 5.75. The minimum Gasteiger partial charge on any atom is -0.0958 e. The molecule has 0 radical (unpaired) electrons. The van der Waals surface area contributed by atoms with Crippen LogP contribution in [0.5, 0.6) is 0 Å². The van der Waals surface area contributed by atoms with E-state index < -0.39 is 0 Å². The van der Waals surface area contributed by atoms with E-state index >= 15 is 0 Å². The van der Waals surface area contributed by atoms with Gasteiger partial charge in [0.05, 0.1) is 0 Å². The molecule has 0 N–H and O–H groups in total. The summed E-state index contributed by atoms with van der Waals surface area (Å²) in [6.07, 6.45) is 12.4.